The predicted octanol–water partition coefficient (Wildman–Crippen LogP) is 4.19. The van der Waals surface area contributed by atoms with Crippen LogP contribution in [0.5, 0.6) is 5.75 Å². The molecule has 1 atom stereocenters. The van der Waals surface area contributed by atoms with Crippen molar-refractivity contribution in [2.75, 3.05) is 13.7 Å². The second-order valence-electron chi connectivity index (χ2n) is 6.83. The van der Waals surface area contributed by atoms with Gasteiger partial charge in [0.25, 0.3) is 0 Å². The summed E-state index contributed by atoms with van der Waals surface area (Å²) in [6.45, 7) is 3.91. The summed E-state index contributed by atoms with van der Waals surface area (Å²) in [5.41, 5.74) is 1.99. The zero-order valence-electron chi connectivity index (χ0n) is 16.8. The highest BCUT2D eigenvalue weighted by atomic mass is 19.1. The van der Waals surface area contributed by atoms with Crippen molar-refractivity contribution in [1.82, 2.24) is 4.90 Å². The van der Waals surface area contributed by atoms with E-state index in [1.165, 1.54) is 6.07 Å². The van der Waals surface area contributed by atoms with Gasteiger partial charge < -0.3 is 14.4 Å². The number of carbonyl (C=O) groups excluding carboxylic acids is 2. The number of rotatable bonds is 6. The van der Waals surface area contributed by atoms with Crippen LogP contribution in [-0.4, -0.2) is 30.5 Å². The molecule has 0 saturated carbocycles. The molecule has 1 aliphatic heterocycles. The number of nitrogens with zero attached hydrogens (tertiary/aromatic N) is 1. The molecule has 3 rings (SSSR count). The second-order valence-corrected chi connectivity index (χ2v) is 6.83. The molecule has 0 bridgehead atoms. The van der Waals surface area contributed by atoms with E-state index < -0.39 is 17.7 Å². The molecule has 5 nitrogen and oxygen atoms in total. The normalized spacial score (nSPS) is 16.8. The van der Waals surface area contributed by atoms with Gasteiger partial charge in [0.2, 0.25) is 5.91 Å². The lowest BCUT2D eigenvalue weighted by atomic mass is 9.83. The first-order valence-electron chi connectivity index (χ1n) is 9.51. The third kappa shape index (κ3) is 4.31. The Labute approximate surface area is 169 Å². The van der Waals surface area contributed by atoms with Crippen molar-refractivity contribution >= 4 is 11.9 Å². The summed E-state index contributed by atoms with van der Waals surface area (Å²) in [5.74, 6) is -1.14. The minimum atomic E-state index is -0.677. The molecular formula is C23H24FNO4. The lowest BCUT2D eigenvalue weighted by molar-refractivity contribution is -0.140. The van der Waals surface area contributed by atoms with Gasteiger partial charge in [0.1, 0.15) is 11.6 Å². The fourth-order valence-electron chi connectivity index (χ4n) is 3.65. The Bertz CT molecular complexity index is 953. The molecule has 1 aliphatic rings. The van der Waals surface area contributed by atoms with Gasteiger partial charge in [0.15, 0.2) is 0 Å². The van der Waals surface area contributed by atoms with Gasteiger partial charge in [-0.2, -0.15) is 0 Å². The standard InChI is InChI=1S/C23H24FNO4/c1-4-29-23(27)22-15(2)25(14-16-8-7-9-17(12-16)28-3)21(26)13-19(22)18-10-5-6-11-20(18)24/h5-12,19H,4,13-14H2,1-3H3. The molecule has 152 valence electrons. The molecule has 0 aromatic heterocycles. The predicted molar refractivity (Wildman–Crippen MR) is 107 cm³/mol. The maximum absolute atomic E-state index is 14.5. The van der Waals surface area contributed by atoms with Crippen LogP contribution in [0.3, 0.4) is 0 Å². The van der Waals surface area contributed by atoms with Crippen LogP contribution in [0.4, 0.5) is 4.39 Å². The lowest BCUT2D eigenvalue weighted by Gasteiger charge is -2.34. The molecule has 6 heteroatoms. The SMILES string of the molecule is CCOC(=O)C1=C(C)N(Cc2cccc(OC)c2)C(=O)CC1c1ccccc1F. The number of benzene rings is 2. The average molecular weight is 397 g/mol. The van der Waals surface area contributed by atoms with Gasteiger partial charge in [-0.25, -0.2) is 9.18 Å². The third-order valence-electron chi connectivity index (χ3n) is 5.07. The molecule has 2 aromatic carbocycles. The quantitative estimate of drug-likeness (QED) is 0.686. The number of hydrogen-bond acceptors (Lipinski definition) is 4. The first-order valence-corrected chi connectivity index (χ1v) is 9.51. The van der Waals surface area contributed by atoms with E-state index in [4.69, 9.17) is 9.47 Å². The minimum absolute atomic E-state index is 0.00358. The summed E-state index contributed by atoms with van der Waals surface area (Å²) < 4.78 is 24.9. The van der Waals surface area contributed by atoms with Crippen molar-refractivity contribution in [2.45, 2.75) is 32.7 Å². The summed E-state index contributed by atoms with van der Waals surface area (Å²) >= 11 is 0. The number of methoxy groups -OCH3 is 1. The van der Waals surface area contributed by atoms with E-state index in [-0.39, 0.29) is 25.5 Å². The number of esters is 1. The van der Waals surface area contributed by atoms with E-state index in [0.717, 1.165) is 5.56 Å². The largest absolute Gasteiger partial charge is 0.497 e. The van der Waals surface area contributed by atoms with Crippen LogP contribution < -0.4 is 4.74 Å². The first kappa shape index (κ1) is 20.6. The van der Waals surface area contributed by atoms with Crippen molar-refractivity contribution in [3.05, 3.63) is 76.7 Å². The summed E-state index contributed by atoms with van der Waals surface area (Å²) in [6.07, 6.45) is -0.00358. The fourth-order valence-corrected chi connectivity index (χ4v) is 3.65. The Morgan fingerprint density at radius 2 is 1.97 bits per heavy atom. The summed E-state index contributed by atoms with van der Waals surface area (Å²) in [6, 6.07) is 13.6. The molecule has 2 aromatic rings. The average Bonchev–Trinajstić information content (AvgIpc) is 2.71. The van der Waals surface area contributed by atoms with Gasteiger partial charge in [-0.05, 0) is 43.2 Å². The summed E-state index contributed by atoms with van der Waals surface area (Å²) in [7, 11) is 1.58. The molecule has 0 N–H and O–H groups in total. The maximum Gasteiger partial charge on any atom is 0.336 e. The minimum Gasteiger partial charge on any atom is -0.497 e. The van der Waals surface area contributed by atoms with Crippen molar-refractivity contribution in [3.8, 4) is 5.75 Å². The second kappa shape index (κ2) is 8.90. The molecule has 0 aliphatic carbocycles. The highest BCUT2D eigenvalue weighted by Gasteiger charge is 2.37. The molecule has 0 fully saturated rings. The highest BCUT2D eigenvalue weighted by Crippen LogP contribution is 2.38. The van der Waals surface area contributed by atoms with E-state index in [0.29, 0.717) is 22.6 Å². The number of halogens is 1. The molecule has 0 saturated heterocycles. The van der Waals surface area contributed by atoms with Crippen LogP contribution in [0.2, 0.25) is 0 Å². The Hall–Kier alpha value is -3.15. The van der Waals surface area contributed by atoms with E-state index in [9.17, 15) is 14.0 Å². The van der Waals surface area contributed by atoms with Gasteiger partial charge in [0.05, 0.1) is 25.8 Å². The number of amides is 1. The molecular weight excluding hydrogens is 373 g/mol. The highest BCUT2D eigenvalue weighted by molar-refractivity contribution is 5.95. The van der Waals surface area contributed by atoms with Crippen LogP contribution in [-0.2, 0) is 20.9 Å². The number of ether oxygens (including phenoxy) is 2. The number of allylic oxidation sites excluding steroid dienone is 1. The van der Waals surface area contributed by atoms with Gasteiger partial charge in [-0.15, -0.1) is 0 Å². The van der Waals surface area contributed by atoms with E-state index in [1.54, 1.807) is 44.1 Å². The van der Waals surface area contributed by atoms with Gasteiger partial charge >= 0.3 is 5.97 Å². The maximum atomic E-state index is 14.5. The Balaban J connectivity index is 2.04. The Morgan fingerprint density at radius 3 is 2.66 bits per heavy atom. The molecule has 1 amide bonds. The van der Waals surface area contributed by atoms with Gasteiger partial charge in [-0.3, -0.25) is 4.79 Å². The zero-order valence-corrected chi connectivity index (χ0v) is 16.8. The first-order chi connectivity index (χ1) is 14.0. The van der Waals surface area contributed by atoms with Gasteiger partial charge in [0, 0.05) is 18.0 Å². The van der Waals surface area contributed by atoms with Crippen LogP contribution in [0, 0.1) is 5.82 Å². The molecule has 1 heterocycles. The molecule has 29 heavy (non-hydrogen) atoms. The third-order valence-corrected chi connectivity index (χ3v) is 5.07. The fraction of sp³-hybridized carbons (Fsp3) is 0.304. The summed E-state index contributed by atoms with van der Waals surface area (Å²) in [4.78, 5) is 27.3. The van der Waals surface area contributed by atoms with Crippen LogP contribution in [0.15, 0.2) is 59.8 Å². The van der Waals surface area contributed by atoms with Crippen LogP contribution in [0.25, 0.3) is 0 Å². The van der Waals surface area contributed by atoms with E-state index in [1.807, 2.05) is 24.3 Å². The van der Waals surface area contributed by atoms with Gasteiger partial charge in [-0.1, -0.05) is 30.3 Å². The molecule has 1 unspecified atom stereocenters. The van der Waals surface area contributed by atoms with Crippen molar-refractivity contribution in [1.29, 1.82) is 0 Å². The Kier molecular flexibility index (Phi) is 6.32. The van der Waals surface area contributed by atoms with Crippen molar-refractivity contribution in [2.24, 2.45) is 0 Å². The van der Waals surface area contributed by atoms with Crippen molar-refractivity contribution in [3.63, 3.8) is 0 Å². The van der Waals surface area contributed by atoms with Crippen molar-refractivity contribution < 1.29 is 23.5 Å². The zero-order chi connectivity index (χ0) is 21.0. The summed E-state index contributed by atoms with van der Waals surface area (Å²) in [5, 5.41) is 0. The topological polar surface area (TPSA) is 55.8 Å². The Morgan fingerprint density at radius 1 is 1.21 bits per heavy atom. The molecule has 0 spiro atoms. The lowest BCUT2D eigenvalue weighted by Crippen LogP contribution is -2.38. The number of carbonyl (C=O) groups is 2. The smallest absolute Gasteiger partial charge is 0.336 e. The van der Waals surface area contributed by atoms with Crippen LogP contribution >= 0.6 is 0 Å². The molecule has 0 radical (unpaired) electrons. The number of hydrogen-bond donors (Lipinski definition) is 0. The monoisotopic (exact) mass is 397 g/mol. The van der Waals surface area contributed by atoms with E-state index >= 15 is 0 Å². The van der Waals surface area contributed by atoms with E-state index in [2.05, 4.69) is 0 Å². The van der Waals surface area contributed by atoms with Crippen LogP contribution in [0.1, 0.15) is 37.3 Å².